The van der Waals surface area contributed by atoms with Gasteiger partial charge in [-0.25, -0.2) is 0 Å². The van der Waals surface area contributed by atoms with Crippen molar-refractivity contribution in [2.24, 2.45) is 5.73 Å². The summed E-state index contributed by atoms with van der Waals surface area (Å²) in [5.74, 6) is -0.152. The molecular formula is C21H31Cl2N3O. The van der Waals surface area contributed by atoms with Crippen LogP contribution in [0, 0.1) is 6.92 Å². The van der Waals surface area contributed by atoms with E-state index in [0.29, 0.717) is 6.54 Å². The molecule has 1 amide bonds. The zero-order valence-corrected chi connectivity index (χ0v) is 18.1. The van der Waals surface area contributed by atoms with Crippen LogP contribution >= 0.6 is 24.8 Å². The van der Waals surface area contributed by atoms with Crippen LogP contribution in [0.15, 0.2) is 48.5 Å². The largest absolute Gasteiger partial charge is 0.353 e. The Morgan fingerprint density at radius 1 is 1.00 bits per heavy atom. The second-order valence-electron chi connectivity index (χ2n) is 6.71. The number of nitrogens with zero attached hydrogens (tertiary/aromatic N) is 1. The summed E-state index contributed by atoms with van der Waals surface area (Å²) in [7, 11) is 4.04. The van der Waals surface area contributed by atoms with Crippen LogP contribution in [-0.4, -0.2) is 31.4 Å². The number of carbonyl (C=O) groups is 1. The quantitative estimate of drug-likeness (QED) is 0.727. The Bertz CT molecular complexity index is 688. The summed E-state index contributed by atoms with van der Waals surface area (Å²) in [6.45, 7) is 4.68. The molecule has 0 heterocycles. The van der Waals surface area contributed by atoms with Gasteiger partial charge in [-0.3, -0.25) is 4.79 Å². The topological polar surface area (TPSA) is 58.4 Å². The van der Waals surface area contributed by atoms with Crippen molar-refractivity contribution in [3.05, 3.63) is 70.8 Å². The zero-order valence-electron chi connectivity index (χ0n) is 16.4. The summed E-state index contributed by atoms with van der Waals surface area (Å²) in [4.78, 5) is 14.5. The minimum atomic E-state index is -0.647. The van der Waals surface area contributed by atoms with Crippen LogP contribution in [0.1, 0.15) is 41.3 Å². The maximum absolute atomic E-state index is 12.4. The number of likely N-dealkylation sites (N-methyl/N-ethyl adjacent to an activating group) is 1. The first-order valence-corrected chi connectivity index (χ1v) is 8.77. The molecular weight excluding hydrogens is 381 g/mol. The summed E-state index contributed by atoms with van der Waals surface area (Å²) >= 11 is 0. The third-order valence-electron chi connectivity index (χ3n) is 4.58. The lowest BCUT2D eigenvalue weighted by atomic mass is 10.0. The fourth-order valence-corrected chi connectivity index (χ4v) is 2.81. The summed E-state index contributed by atoms with van der Waals surface area (Å²) in [5.41, 5.74) is 10.6. The van der Waals surface area contributed by atoms with Gasteiger partial charge in [-0.2, -0.15) is 0 Å². The van der Waals surface area contributed by atoms with Crippen molar-refractivity contribution in [1.82, 2.24) is 10.2 Å². The van der Waals surface area contributed by atoms with E-state index in [2.05, 4.69) is 41.4 Å². The lowest BCUT2D eigenvalue weighted by Crippen LogP contribution is -2.39. The number of hydrogen-bond donors (Lipinski definition) is 2. The first kappa shape index (κ1) is 25.4. The lowest BCUT2D eigenvalue weighted by molar-refractivity contribution is -0.122. The van der Waals surface area contributed by atoms with E-state index < -0.39 is 6.04 Å². The maximum atomic E-state index is 12.4. The molecule has 3 N–H and O–H groups in total. The molecule has 2 unspecified atom stereocenters. The van der Waals surface area contributed by atoms with E-state index in [1.165, 1.54) is 11.1 Å². The van der Waals surface area contributed by atoms with Gasteiger partial charge < -0.3 is 16.0 Å². The molecule has 150 valence electrons. The zero-order chi connectivity index (χ0) is 18.4. The predicted octanol–water partition coefficient (Wildman–Crippen LogP) is 3.82. The van der Waals surface area contributed by atoms with E-state index in [1.54, 1.807) is 0 Å². The first-order valence-electron chi connectivity index (χ1n) is 8.77. The van der Waals surface area contributed by atoms with Gasteiger partial charge in [0.1, 0.15) is 6.04 Å². The average Bonchev–Trinajstić information content (AvgIpc) is 2.62. The van der Waals surface area contributed by atoms with Gasteiger partial charge in [0.05, 0.1) is 6.04 Å². The van der Waals surface area contributed by atoms with E-state index in [0.717, 1.165) is 17.5 Å². The Hall–Kier alpha value is -1.59. The molecule has 0 aliphatic carbocycles. The van der Waals surface area contributed by atoms with E-state index in [-0.39, 0.29) is 36.8 Å². The third kappa shape index (κ3) is 7.15. The summed E-state index contributed by atoms with van der Waals surface area (Å²) in [6, 6.07) is 15.8. The van der Waals surface area contributed by atoms with Crippen LogP contribution in [-0.2, 0) is 11.2 Å². The molecule has 27 heavy (non-hydrogen) atoms. The smallest absolute Gasteiger partial charge is 0.241 e. The number of nitrogens with one attached hydrogen (secondary N) is 1. The number of carbonyl (C=O) groups excluding carboxylic acids is 1. The van der Waals surface area contributed by atoms with Gasteiger partial charge in [-0.15, -0.1) is 24.8 Å². The van der Waals surface area contributed by atoms with Gasteiger partial charge >= 0.3 is 0 Å². The lowest BCUT2D eigenvalue weighted by Gasteiger charge is -2.26. The molecule has 0 bridgehead atoms. The summed E-state index contributed by atoms with van der Waals surface area (Å²) in [5, 5.41) is 3.00. The number of amides is 1. The van der Waals surface area contributed by atoms with Gasteiger partial charge in [0, 0.05) is 6.54 Å². The fourth-order valence-electron chi connectivity index (χ4n) is 2.81. The van der Waals surface area contributed by atoms with Crippen molar-refractivity contribution >= 4 is 30.7 Å². The monoisotopic (exact) mass is 411 g/mol. The molecule has 4 nitrogen and oxygen atoms in total. The van der Waals surface area contributed by atoms with Crippen molar-refractivity contribution in [1.29, 1.82) is 0 Å². The Morgan fingerprint density at radius 3 is 2.00 bits per heavy atom. The Morgan fingerprint density at radius 2 is 1.52 bits per heavy atom. The molecule has 6 heteroatoms. The molecule has 0 aliphatic heterocycles. The normalized spacial score (nSPS) is 12.5. The Labute approximate surface area is 175 Å². The molecule has 0 fully saturated rings. The first-order chi connectivity index (χ1) is 11.9. The van der Waals surface area contributed by atoms with Crippen molar-refractivity contribution in [2.75, 3.05) is 20.6 Å². The van der Waals surface area contributed by atoms with Crippen LogP contribution < -0.4 is 11.1 Å². The molecule has 0 aromatic heterocycles. The van der Waals surface area contributed by atoms with Crippen LogP contribution in [0.5, 0.6) is 0 Å². The number of halogens is 2. The van der Waals surface area contributed by atoms with Crippen molar-refractivity contribution in [3.8, 4) is 0 Å². The van der Waals surface area contributed by atoms with E-state index in [4.69, 9.17) is 5.73 Å². The Kier molecular flexibility index (Phi) is 11.3. The van der Waals surface area contributed by atoms with Crippen molar-refractivity contribution in [2.45, 2.75) is 32.4 Å². The summed E-state index contributed by atoms with van der Waals surface area (Å²) < 4.78 is 0. The highest BCUT2D eigenvalue weighted by atomic mass is 35.5. The van der Waals surface area contributed by atoms with Crippen LogP contribution in [0.25, 0.3) is 0 Å². The van der Waals surface area contributed by atoms with Crippen LogP contribution in [0.2, 0.25) is 0 Å². The molecule has 0 saturated carbocycles. The van der Waals surface area contributed by atoms with Crippen molar-refractivity contribution in [3.63, 3.8) is 0 Å². The fraction of sp³-hybridized carbons (Fsp3) is 0.381. The number of nitrogens with two attached hydrogens (primary N) is 1. The minimum absolute atomic E-state index is 0. The van der Waals surface area contributed by atoms with Crippen LogP contribution in [0.3, 0.4) is 0 Å². The molecule has 2 aromatic rings. The molecule has 2 rings (SSSR count). The second kappa shape index (κ2) is 12.0. The third-order valence-corrected chi connectivity index (χ3v) is 4.58. The maximum Gasteiger partial charge on any atom is 0.241 e. The van der Waals surface area contributed by atoms with E-state index >= 15 is 0 Å². The molecule has 0 radical (unpaired) electrons. The molecule has 0 aliphatic rings. The van der Waals surface area contributed by atoms with Crippen LogP contribution in [0.4, 0.5) is 0 Å². The molecule has 0 spiro atoms. The SMILES string of the molecule is CCc1ccc(C(CNC(=O)C(N)c2ccc(C)cc2)N(C)C)cc1.Cl.Cl. The number of aryl methyl sites for hydroxylation is 2. The van der Waals surface area contributed by atoms with Gasteiger partial charge in [-0.1, -0.05) is 61.0 Å². The Balaban J connectivity index is 0.00000338. The van der Waals surface area contributed by atoms with Gasteiger partial charge in [0.25, 0.3) is 0 Å². The van der Waals surface area contributed by atoms with E-state index in [9.17, 15) is 4.79 Å². The molecule has 0 saturated heterocycles. The van der Waals surface area contributed by atoms with Gasteiger partial charge in [0.2, 0.25) is 5.91 Å². The number of hydrogen-bond acceptors (Lipinski definition) is 3. The average molecular weight is 412 g/mol. The second-order valence-corrected chi connectivity index (χ2v) is 6.71. The van der Waals surface area contributed by atoms with Crippen molar-refractivity contribution < 1.29 is 4.79 Å². The number of benzene rings is 2. The molecule has 2 aromatic carbocycles. The standard InChI is InChI=1S/C21H29N3O.2ClH/c1-5-16-8-12-17(13-9-16)19(24(3)4)14-23-21(25)20(22)18-10-6-15(2)7-11-18;;/h6-13,19-20H,5,14,22H2,1-4H3,(H,23,25);2*1H. The van der Waals surface area contributed by atoms with Gasteiger partial charge in [0.15, 0.2) is 0 Å². The minimum Gasteiger partial charge on any atom is -0.353 e. The highest BCUT2D eigenvalue weighted by Crippen LogP contribution is 2.19. The molecule has 2 atom stereocenters. The summed E-state index contributed by atoms with van der Waals surface area (Å²) in [6.07, 6.45) is 1.02. The van der Waals surface area contributed by atoms with E-state index in [1.807, 2.05) is 45.3 Å². The highest BCUT2D eigenvalue weighted by molar-refractivity contribution is 5.85. The van der Waals surface area contributed by atoms with Gasteiger partial charge in [-0.05, 0) is 44.1 Å². The predicted molar refractivity (Wildman–Crippen MR) is 118 cm³/mol. The highest BCUT2D eigenvalue weighted by Gasteiger charge is 2.19. The number of rotatable bonds is 7.